The molecule has 2 aromatic rings. The molecule has 2 fully saturated rings. The summed E-state index contributed by atoms with van der Waals surface area (Å²) in [6.07, 6.45) is 7.36. The van der Waals surface area contributed by atoms with Gasteiger partial charge in [0.05, 0.1) is 17.0 Å². The van der Waals surface area contributed by atoms with E-state index in [9.17, 15) is 14.9 Å². The second-order valence-corrected chi connectivity index (χ2v) is 8.46. The van der Waals surface area contributed by atoms with Crippen LogP contribution in [0.3, 0.4) is 0 Å². The van der Waals surface area contributed by atoms with Crippen LogP contribution in [-0.2, 0) is 0 Å². The monoisotopic (exact) mass is 438 g/mol. The summed E-state index contributed by atoms with van der Waals surface area (Å²) in [5, 5.41) is 20.7. The van der Waals surface area contributed by atoms with Gasteiger partial charge in [-0.05, 0) is 50.4 Å². The van der Waals surface area contributed by atoms with E-state index in [2.05, 4.69) is 25.8 Å². The number of carbonyl (C=O) groups is 1. The van der Waals surface area contributed by atoms with E-state index in [4.69, 9.17) is 0 Å². The first-order chi connectivity index (χ1) is 15.6. The zero-order chi connectivity index (χ0) is 22.3. The van der Waals surface area contributed by atoms with E-state index in [1.165, 1.54) is 12.3 Å². The van der Waals surface area contributed by atoms with Crippen molar-refractivity contribution in [3.05, 3.63) is 58.8 Å². The number of benzene rings is 1. The van der Waals surface area contributed by atoms with Crippen LogP contribution in [0.4, 0.5) is 22.0 Å². The van der Waals surface area contributed by atoms with Gasteiger partial charge in [-0.2, -0.15) is 0 Å². The number of rotatable bonds is 6. The fourth-order valence-electron chi connectivity index (χ4n) is 4.81. The number of nitrogens with one attached hydrogen (secondary N) is 3. The van der Waals surface area contributed by atoms with Gasteiger partial charge in [0, 0.05) is 24.3 Å². The smallest absolute Gasteiger partial charge is 0.319 e. The maximum atomic E-state index is 12.7. The highest BCUT2D eigenvalue weighted by Crippen LogP contribution is 2.31. The van der Waals surface area contributed by atoms with Crippen LogP contribution >= 0.6 is 0 Å². The Bertz CT molecular complexity index is 902. The lowest BCUT2D eigenvalue weighted by molar-refractivity contribution is -0.385. The molecule has 2 amide bonds. The molecular weight excluding hydrogens is 408 g/mol. The quantitative estimate of drug-likeness (QED) is 0.468. The minimum Gasteiger partial charge on any atom is -0.347 e. The predicted molar refractivity (Wildman–Crippen MR) is 124 cm³/mol. The molecule has 2 aliphatic rings. The number of anilines is 2. The summed E-state index contributed by atoms with van der Waals surface area (Å²) in [6, 6.07) is 12.7. The number of pyridine rings is 1. The number of hydrogen-bond donors (Lipinski definition) is 3. The summed E-state index contributed by atoms with van der Waals surface area (Å²) < 4.78 is 0. The van der Waals surface area contributed by atoms with Crippen LogP contribution in [0.2, 0.25) is 0 Å². The van der Waals surface area contributed by atoms with Crippen LogP contribution in [0, 0.1) is 10.1 Å². The SMILES string of the molecule is O=C(Nc1ccccc1)N[C@@H]1CCCC[C@H]1N(c1ccc([N+](=O)[O-])cn1)[C@H]1CCCNC1. The van der Waals surface area contributed by atoms with E-state index in [0.29, 0.717) is 0 Å². The van der Waals surface area contributed by atoms with Crippen molar-refractivity contribution < 1.29 is 9.72 Å². The Labute approximate surface area is 187 Å². The van der Waals surface area contributed by atoms with E-state index >= 15 is 0 Å². The van der Waals surface area contributed by atoms with E-state index in [0.717, 1.165) is 63.1 Å². The Morgan fingerprint density at radius 2 is 1.91 bits per heavy atom. The molecule has 9 nitrogen and oxygen atoms in total. The molecule has 3 atom stereocenters. The van der Waals surface area contributed by atoms with Crippen molar-refractivity contribution >= 4 is 23.2 Å². The molecule has 0 bridgehead atoms. The lowest BCUT2D eigenvalue weighted by atomic mass is 9.87. The maximum Gasteiger partial charge on any atom is 0.319 e. The van der Waals surface area contributed by atoms with Crippen LogP contribution < -0.4 is 20.9 Å². The van der Waals surface area contributed by atoms with Gasteiger partial charge >= 0.3 is 6.03 Å². The second kappa shape index (κ2) is 10.4. The lowest BCUT2D eigenvalue weighted by Gasteiger charge is -2.46. The number of urea groups is 1. The molecule has 1 aliphatic heterocycles. The molecule has 1 saturated carbocycles. The normalized spacial score (nSPS) is 23.2. The van der Waals surface area contributed by atoms with E-state index in [1.807, 2.05) is 30.3 Å². The third-order valence-electron chi connectivity index (χ3n) is 6.31. The number of aromatic nitrogens is 1. The number of carbonyl (C=O) groups excluding carboxylic acids is 1. The number of amides is 2. The number of nitrogens with zero attached hydrogens (tertiary/aromatic N) is 3. The first-order valence-corrected chi connectivity index (χ1v) is 11.3. The van der Waals surface area contributed by atoms with Crippen molar-refractivity contribution in [3.63, 3.8) is 0 Å². The van der Waals surface area contributed by atoms with Gasteiger partial charge in [-0.3, -0.25) is 10.1 Å². The Morgan fingerprint density at radius 3 is 2.59 bits per heavy atom. The van der Waals surface area contributed by atoms with Crippen molar-refractivity contribution in [1.29, 1.82) is 0 Å². The fourth-order valence-corrected chi connectivity index (χ4v) is 4.81. The molecule has 0 unspecified atom stereocenters. The molecule has 0 radical (unpaired) electrons. The highest BCUT2D eigenvalue weighted by atomic mass is 16.6. The van der Waals surface area contributed by atoms with Gasteiger partial charge in [0.25, 0.3) is 5.69 Å². The first kappa shape index (κ1) is 22.0. The summed E-state index contributed by atoms with van der Waals surface area (Å²) in [6.45, 7) is 1.82. The Kier molecular flexibility index (Phi) is 7.16. The van der Waals surface area contributed by atoms with Crippen LogP contribution in [-0.4, -0.2) is 47.2 Å². The largest absolute Gasteiger partial charge is 0.347 e. The zero-order valence-corrected chi connectivity index (χ0v) is 18.1. The van der Waals surface area contributed by atoms with Crippen molar-refractivity contribution in [2.24, 2.45) is 0 Å². The molecular formula is C23H30N6O3. The molecule has 0 spiro atoms. The summed E-state index contributed by atoms with van der Waals surface area (Å²) in [5.41, 5.74) is 0.735. The summed E-state index contributed by atoms with van der Waals surface area (Å²) in [5.74, 6) is 0.728. The Balaban J connectivity index is 1.55. The first-order valence-electron chi connectivity index (χ1n) is 11.3. The van der Waals surface area contributed by atoms with Gasteiger partial charge in [0.15, 0.2) is 0 Å². The van der Waals surface area contributed by atoms with Crippen LogP contribution in [0.25, 0.3) is 0 Å². The van der Waals surface area contributed by atoms with Crippen molar-refractivity contribution in [2.75, 3.05) is 23.3 Å². The number of nitro groups is 1. The van der Waals surface area contributed by atoms with Crippen LogP contribution in [0.1, 0.15) is 38.5 Å². The van der Waals surface area contributed by atoms with Gasteiger partial charge in [0.2, 0.25) is 0 Å². The van der Waals surface area contributed by atoms with Crippen molar-refractivity contribution in [1.82, 2.24) is 15.6 Å². The number of hydrogen-bond acceptors (Lipinski definition) is 6. The third kappa shape index (κ3) is 5.34. The second-order valence-electron chi connectivity index (χ2n) is 8.46. The van der Waals surface area contributed by atoms with Crippen LogP contribution in [0.5, 0.6) is 0 Å². The lowest BCUT2D eigenvalue weighted by Crippen LogP contribution is -2.59. The van der Waals surface area contributed by atoms with Gasteiger partial charge in [0.1, 0.15) is 12.0 Å². The summed E-state index contributed by atoms with van der Waals surface area (Å²) in [4.78, 5) is 30.2. The van der Waals surface area contributed by atoms with Gasteiger partial charge in [-0.1, -0.05) is 31.0 Å². The van der Waals surface area contributed by atoms with Crippen molar-refractivity contribution in [3.8, 4) is 0 Å². The average Bonchev–Trinajstić information content (AvgIpc) is 2.82. The number of piperidine rings is 1. The van der Waals surface area contributed by atoms with E-state index < -0.39 is 4.92 Å². The highest BCUT2D eigenvalue weighted by molar-refractivity contribution is 5.89. The summed E-state index contributed by atoms with van der Waals surface area (Å²) >= 11 is 0. The van der Waals surface area contributed by atoms with Crippen molar-refractivity contribution in [2.45, 2.75) is 56.7 Å². The third-order valence-corrected chi connectivity index (χ3v) is 6.31. The minimum absolute atomic E-state index is 0.0176. The molecule has 3 N–H and O–H groups in total. The summed E-state index contributed by atoms with van der Waals surface area (Å²) in [7, 11) is 0. The number of para-hydroxylation sites is 1. The fraction of sp³-hybridized carbons (Fsp3) is 0.478. The van der Waals surface area contributed by atoms with Gasteiger partial charge < -0.3 is 20.9 Å². The molecule has 1 aromatic carbocycles. The van der Waals surface area contributed by atoms with E-state index in [-0.39, 0.29) is 29.8 Å². The average molecular weight is 439 g/mol. The van der Waals surface area contributed by atoms with Crippen LogP contribution in [0.15, 0.2) is 48.7 Å². The Morgan fingerprint density at radius 1 is 1.09 bits per heavy atom. The van der Waals surface area contributed by atoms with E-state index in [1.54, 1.807) is 6.07 Å². The molecule has 170 valence electrons. The molecule has 1 aliphatic carbocycles. The maximum absolute atomic E-state index is 12.7. The Hall–Kier alpha value is -3.20. The molecule has 2 heterocycles. The highest BCUT2D eigenvalue weighted by Gasteiger charge is 2.36. The topological polar surface area (TPSA) is 112 Å². The zero-order valence-electron chi connectivity index (χ0n) is 18.1. The predicted octanol–water partition coefficient (Wildman–Crippen LogP) is 3.68. The molecule has 32 heavy (non-hydrogen) atoms. The standard InChI is InChI=1S/C23H30N6O3/c30-23(26-17-7-2-1-3-8-17)27-20-10-4-5-11-21(20)28(18-9-6-14-24-15-18)22-13-12-19(16-25-22)29(31)32/h1-3,7-8,12-13,16,18,20-21,24H,4-6,9-11,14-15H2,(H2,26,27,30)/t18-,20+,21+/m0/s1. The molecule has 4 rings (SSSR count). The molecule has 1 aromatic heterocycles. The molecule has 9 heteroatoms. The molecule has 1 saturated heterocycles. The van der Waals surface area contributed by atoms with Gasteiger partial charge in [-0.15, -0.1) is 0 Å². The minimum atomic E-state index is -0.428. The van der Waals surface area contributed by atoms with Gasteiger partial charge in [-0.25, -0.2) is 9.78 Å².